The van der Waals surface area contributed by atoms with E-state index >= 15 is 0 Å². The molecule has 2 aliphatic rings. The monoisotopic (exact) mass is 477 g/mol. The van der Waals surface area contributed by atoms with Crippen molar-refractivity contribution in [1.82, 2.24) is 15.0 Å². The van der Waals surface area contributed by atoms with E-state index in [1.54, 1.807) is 0 Å². The maximum atomic E-state index is 9.32. The first-order valence-corrected chi connectivity index (χ1v) is 13.2. The molecule has 1 aliphatic carbocycles. The summed E-state index contributed by atoms with van der Waals surface area (Å²) in [5.41, 5.74) is 4.41. The predicted molar refractivity (Wildman–Crippen MR) is 138 cm³/mol. The first-order valence-electron chi connectivity index (χ1n) is 13.2. The minimum atomic E-state index is 0.259. The number of aliphatic hydroxyl groups is 1. The highest BCUT2D eigenvalue weighted by Crippen LogP contribution is 2.39. The molecule has 0 radical (unpaired) electrons. The lowest BCUT2D eigenvalue weighted by Crippen LogP contribution is -2.33. The number of aromatic nitrogens is 1. The second kappa shape index (κ2) is 11.1. The normalized spacial score (nSPS) is 21.1. The van der Waals surface area contributed by atoms with Gasteiger partial charge < -0.3 is 19.3 Å². The summed E-state index contributed by atoms with van der Waals surface area (Å²) in [6, 6.07) is 15.0. The van der Waals surface area contributed by atoms with E-state index in [0.29, 0.717) is 18.4 Å². The summed E-state index contributed by atoms with van der Waals surface area (Å²) in [5, 5.41) is 14.9. The van der Waals surface area contributed by atoms with E-state index in [0.717, 1.165) is 66.2 Å². The van der Waals surface area contributed by atoms with E-state index in [4.69, 9.17) is 9.26 Å². The number of aryl methyl sites for hydroxylation is 1. The Morgan fingerprint density at radius 2 is 1.89 bits per heavy atom. The van der Waals surface area contributed by atoms with Crippen molar-refractivity contribution in [2.45, 2.75) is 45.2 Å². The minimum absolute atomic E-state index is 0.259. The molecule has 2 atom stereocenters. The summed E-state index contributed by atoms with van der Waals surface area (Å²) >= 11 is 0. The molecule has 5 rings (SSSR count). The lowest BCUT2D eigenvalue weighted by atomic mass is 9.91. The van der Waals surface area contributed by atoms with Crippen molar-refractivity contribution in [3.63, 3.8) is 0 Å². The molecule has 2 aromatic carbocycles. The van der Waals surface area contributed by atoms with Crippen LogP contribution in [0.25, 0.3) is 11.0 Å². The third kappa shape index (κ3) is 6.05. The lowest BCUT2D eigenvalue weighted by Gasteiger charge is -2.31. The van der Waals surface area contributed by atoms with Crippen molar-refractivity contribution < 1.29 is 14.4 Å². The molecule has 2 unspecified atom stereocenters. The number of benzene rings is 2. The van der Waals surface area contributed by atoms with Gasteiger partial charge in [0.2, 0.25) is 0 Å². The van der Waals surface area contributed by atoms with Crippen LogP contribution in [0, 0.1) is 17.8 Å². The lowest BCUT2D eigenvalue weighted by molar-refractivity contribution is 0.172. The number of aliphatic hydroxyl groups excluding tert-OH is 1. The summed E-state index contributed by atoms with van der Waals surface area (Å²) in [5.74, 6) is 2.49. The second-order valence-electron chi connectivity index (χ2n) is 10.8. The Kier molecular flexibility index (Phi) is 7.71. The van der Waals surface area contributed by atoms with Crippen LogP contribution in [0.2, 0.25) is 0 Å². The van der Waals surface area contributed by atoms with Gasteiger partial charge in [-0.1, -0.05) is 35.5 Å². The van der Waals surface area contributed by atoms with Crippen molar-refractivity contribution in [2.75, 3.05) is 40.4 Å². The van der Waals surface area contributed by atoms with Crippen LogP contribution in [-0.2, 0) is 19.5 Å². The van der Waals surface area contributed by atoms with Crippen molar-refractivity contribution in [2.24, 2.45) is 17.8 Å². The first-order chi connectivity index (χ1) is 17.1. The number of nitrogens with zero attached hydrogens (tertiary/aromatic N) is 3. The fourth-order valence-electron chi connectivity index (χ4n) is 5.42. The van der Waals surface area contributed by atoms with Crippen LogP contribution >= 0.6 is 0 Å². The van der Waals surface area contributed by atoms with Gasteiger partial charge in [0.25, 0.3) is 0 Å². The molecular formula is C29H39N3O3. The molecule has 2 fully saturated rings. The molecular weight excluding hydrogens is 438 g/mol. The maximum Gasteiger partial charge on any atom is 0.175 e. The largest absolute Gasteiger partial charge is 0.493 e. The zero-order valence-corrected chi connectivity index (χ0v) is 21.2. The Morgan fingerprint density at radius 1 is 1.09 bits per heavy atom. The Labute approximate surface area is 208 Å². The summed E-state index contributed by atoms with van der Waals surface area (Å²) < 4.78 is 12.1. The summed E-state index contributed by atoms with van der Waals surface area (Å²) in [6.45, 7) is 5.06. The highest BCUT2D eigenvalue weighted by atomic mass is 16.5. The average Bonchev–Trinajstić information content (AvgIpc) is 3.52. The standard InChI is InChI=1S/C29H39N3O3/c1-31(2)18-26-28(34-20-24-16-23(24)19-33)11-9-25-27(30-35-29(25)26)10-8-21-12-14-32(15-13-21)17-22-6-4-3-5-7-22/h3-7,9,11,21,23-24,33H,8,10,12-20H2,1-2H3. The van der Waals surface area contributed by atoms with Crippen LogP contribution in [0.5, 0.6) is 5.75 Å². The molecule has 0 bridgehead atoms. The third-order valence-corrected chi connectivity index (χ3v) is 7.75. The minimum Gasteiger partial charge on any atom is -0.493 e. The Bertz CT molecular complexity index is 1090. The van der Waals surface area contributed by atoms with Crippen LogP contribution in [0.1, 0.15) is 42.5 Å². The summed E-state index contributed by atoms with van der Waals surface area (Å²) in [7, 11) is 4.12. The van der Waals surface area contributed by atoms with E-state index in [1.807, 2.05) is 0 Å². The zero-order valence-electron chi connectivity index (χ0n) is 21.2. The van der Waals surface area contributed by atoms with Crippen LogP contribution in [-0.4, -0.2) is 60.5 Å². The Hall–Kier alpha value is -2.41. The molecule has 35 heavy (non-hydrogen) atoms. The van der Waals surface area contributed by atoms with Gasteiger partial charge in [-0.3, -0.25) is 4.90 Å². The fourth-order valence-corrected chi connectivity index (χ4v) is 5.42. The predicted octanol–water partition coefficient (Wildman–Crippen LogP) is 4.74. The van der Waals surface area contributed by atoms with Gasteiger partial charge in [-0.25, -0.2) is 0 Å². The molecule has 6 nitrogen and oxygen atoms in total. The smallest absolute Gasteiger partial charge is 0.175 e. The van der Waals surface area contributed by atoms with E-state index < -0.39 is 0 Å². The Morgan fingerprint density at radius 3 is 2.60 bits per heavy atom. The molecule has 6 heteroatoms. The highest BCUT2D eigenvalue weighted by Gasteiger charge is 2.37. The topological polar surface area (TPSA) is 62.0 Å². The van der Waals surface area contributed by atoms with Crippen LogP contribution in [0.3, 0.4) is 0 Å². The van der Waals surface area contributed by atoms with Gasteiger partial charge in [-0.05, 0) is 94.7 Å². The number of ether oxygens (including phenoxy) is 1. The van der Waals surface area contributed by atoms with Crippen LogP contribution in [0.4, 0.5) is 0 Å². The van der Waals surface area contributed by atoms with Crippen LogP contribution in [0.15, 0.2) is 47.0 Å². The summed E-state index contributed by atoms with van der Waals surface area (Å²) in [6.07, 6.45) is 5.68. The van der Waals surface area contributed by atoms with Crippen molar-refractivity contribution in [1.29, 1.82) is 0 Å². The third-order valence-electron chi connectivity index (χ3n) is 7.75. The number of rotatable bonds is 11. The second-order valence-corrected chi connectivity index (χ2v) is 10.8. The molecule has 0 amide bonds. The number of hydrogen-bond donors (Lipinski definition) is 1. The van der Waals surface area contributed by atoms with Gasteiger partial charge in [0.05, 0.1) is 17.9 Å². The molecule has 1 N–H and O–H groups in total. The highest BCUT2D eigenvalue weighted by molar-refractivity contribution is 5.84. The molecule has 1 aliphatic heterocycles. The van der Waals surface area contributed by atoms with Gasteiger partial charge in [0, 0.05) is 25.1 Å². The van der Waals surface area contributed by atoms with Gasteiger partial charge in [-0.15, -0.1) is 0 Å². The quantitative estimate of drug-likeness (QED) is 0.430. The first kappa shape index (κ1) is 24.3. The van der Waals surface area contributed by atoms with Crippen molar-refractivity contribution >= 4 is 11.0 Å². The van der Waals surface area contributed by atoms with Crippen molar-refractivity contribution in [3.05, 3.63) is 59.3 Å². The van der Waals surface area contributed by atoms with Gasteiger partial charge in [0.1, 0.15) is 5.75 Å². The van der Waals surface area contributed by atoms with Crippen molar-refractivity contribution in [3.8, 4) is 5.75 Å². The molecule has 1 saturated heterocycles. The molecule has 1 aromatic heterocycles. The average molecular weight is 478 g/mol. The van der Waals surface area contributed by atoms with E-state index in [-0.39, 0.29) is 6.61 Å². The SMILES string of the molecule is CN(C)Cc1c(OCC2CC2CO)ccc2c(CCC3CCN(Cc4ccccc4)CC3)noc12. The molecule has 3 aromatic rings. The zero-order chi connectivity index (χ0) is 24.2. The van der Waals surface area contributed by atoms with E-state index in [1.165, 1.54) is 31.5 Å². The fraction of sp³-hybridized carbons (Fsp3) is 0.552. The number of fused-ring (bicyclic) bond motifs is 1. The van der Waals surface area contributed by atoms with Gasteiger partial charge in [-0.2, -0.15) is 0 Å². The molecule has 0 spiro atoms. The molecule has 2 heterocycles. The van der Waals surface area contributed by atoms with Gasteiger partial charge >= 0.3 is 0 Å². The van der Waals surface area contributed by atoms with Gasteiger partial charge in [0.15, 0.2) is 5.58 Å². The number of hydrogen-bond acceptors (Lipinski definition) is 6. The summed E-state index contributed by atoms with van der Waals surface area (Å²) in [4.78, 5) is 4.72. The number of piperidine rings is 1. The Balaban J connectivity index is 1.19. The van der Waals surface area contributed by atoms with E-state index in [2.05, 4.69) is 71.5 Å². The van der Waals surface area contributed by atoms with Crippen LogP contribution < -0.4 is 4.74 Å². The number of likely N-dealkylation sites (tertiary alicyclic amines) is 1. The molecule has 1 saturated carbocycles. The molecule has 188 valence electrons. The maximum absolute atomic E-state index is 9.32. The van der Waals surface area contributed by atoms with E-state index in [9.17, 15) is 5.11 Å².